The first-order valence-corrected chi connectivity index (χ1v) is 10.7. The second kappa shape index (κ2) is 7.58. The largest absolute Gasteiger partial charge is 0.486 e. The Kier molecular flexibility index (Phi) is 4.55. The van der Waals surface area contributed by atoms with Gasteiger partial charge in [0, 0.05) is 40.1 Å². The Labute approximate surface area is 188 Å². The summed E-state index contributed by atoms with van der Waals surface area (Å²) in [4.78, 5) is 8.84. The van der Waals surface area contributed by atoms with E-state index in [0.29, 0.717) is 24.3 Å². The number of hydrogen-bond acceptors (Lipinski definition) is 6. The molecule has 0 saturated carbocycles. The van der Waals surface area contributed by atoms with Crippen LogP contribution in [0.15, 0.2) is 55.1 Å². The number of rotatable bonds is 5. The summed E-state index contributed by atoms with van der Waals surface area (Å²) in [5, 5.41) is 13.7. The lowest BCUT2D eigenvalue weighted by Crippen LogP contribution is -2.30. The Morgan fingerprint density at radius 1 is 1.19 bits per heavy atom. The number of H-pyrrole nitrogens is 1. The highest BCUT2D eigenvalue weighted by Crippen LogP contribution is 2.33. The van der Waals surface area contributed by atoms with Gasteiger partial charge in [0.2, 0.25) is 0 Å². The summed E-state index contributed by atoms with van der Waals surface area (Å²) in [6, 6.07) is 9.86. The van der Waals surface area contributed by atoms with Gasteiger partial charge in [-0.05, 0) is 37.3 Å². The smallest absolute Gasteiger partial charge is 0.123 e. The molecule has 5 aromatic rings. The molecular weight excluding hydrogens is 428 g/mol. The fourth-order valence-electron chi connectivity index (χ4n) is 3.97. The van der Waals surface area contributed by atoms with Gasteiger partial charge in [0.05, 0.1) is 42.0 Å². The van der Waals surface area contributed by atoms with Gasteiger partial charge in [-0.15, -0.1) is 0 Å². The molecule has 1 saturated heterocycles. The summed E-state index contributed by atoms with van der Waals surface area (Å²) < 4.78 is 13.5. The van der Waals surface area contributed by atoms with Crippen LogP contribution in [0.2, 0.25) is 5.02 Å². The number of hydrogen-bond donors (Lipinski definition) is 1. The average molecular weight is 447 g/mol. The predicted molar refractivity (Wildman–Crippen MR) is 121 cm³/mol. The average Bonchev–Trinajstić information content (AvgIpc) is 3.38. The van der Waals surface area contributed by atoms with Gasteiger partial charge in [0.25, 0.3) is 0 Å². The van der Waals surface area contributed by atoms with Gasteiger partial charge in [0.15, 0.2) is 0 Å². The molecule has 0 bridgehead atoms. The molecule has 1 fully saturated rings. The summed E-state index contributed by atoms with van der Waals surface area (Å²) in [6.07, 6.45) is 6.90. The van der Waals surface area contributed by atoms with Crippen LogP contribution in [0.25, 0.3) is 33.2 Å². The van der Waals surface area contributed by atoms with Crippen LogP contribution in [0.3, 0.4) is 0 Å². The Bertz CT molecular complexity index is 1440. The first kappa shape index (κ1) is 19.2. The number of halogens is 1. The minimum absolute atomic E-state index is 0.276. The van der Waals surface area contributed by atoms with E-state index in [1.54, 1.807) is 18.5 Å². The van der Waals surface area contributed by atoms with Gasteiger partial charge in [-0.1, -0.05) is 11.6 Å². The van der Waals surface area contributed by atoms with E-state index in [4.69, 9.17) is 21.1 Å². The Balaban J connectivity index is 1.33. The predicted octanol–water partition coefficient (Wildman–Crippen LogP) is 4.73. The van der Waals surface area contributed by atoms with Crippen molar-refractivity contribution in [3.8, 4) is 17.0 Å². The van der Waals surface area contributed by atoms with Crippen molar-refractivity contribution >= 4 is 33.5 Å². The van der Waals surface area contributed by atoms with E-state index in [9.17, 15) is 0 Å². The van der Waals surface area contributed by atoms with Crippen molar-refractivity contribution in [1.82, 2.24) is 29.9 Å². The van der Waals surface area contributed by atoms with Crippen LogP contribution in [0, 0.1) is 0 Å². The zero-order valence-electron chi connectivity index (χ0n) is 17.2. The molecule has 1 N–H and O–H groups in total. The van der Waals surface area contributed by atoms with Crippen molar-refractivity contribution < 1.29 is 9.47 Å². The van der Waals surface area contributed by atoms with Crippen molar-refractivity contribution in [2.24, 2.45) is 0 Å². The zero-order chi connectivity index (χ0) is 21.7. The number of nitrogens with one attached hydrogen (secondary N) is 1. The fraction of sp³-hybridized carbons (Fsp3) is 0.217. The lowest BCUT2D eigenvalue weighted by molar-refractivity contribution is -0.0286. The third-order valence-electron chi connectivity index (χ3n) is 5.72. The van der Waals surface area contributed by atoms with Crippen molar-refractivity contribution in [3.05, 3.63) is 65.7 Å². The number of benzene rings is 2. The van der Waals surface area contributed by atoms with Gasteiger partial charge in [-0.3, -0.25) is 19.7 Å². The fourth-order valence-corrected chi connectivity index (χ4v) is 4.19. The Morgan fingerprint density at radius 3 is 2.91 bits per heavy atom. The first-order chi connectivity index (χ1) is 15.7. The highest BCUT2D eigenvalue weighted by molar-refractivity contribution is 6.31. The third-order valence-corrected chi connectivity index (χ3v) is 5.94. The molecule has 1 atom stereocenters. The minimum Gasteiger partial charge on any atom is -0.486 e. The van der Waals surface area contributed by atoms with Crippen LogP contribution < -0.4 is 4.74 Å². The maximum atomic E-state index is 6.31. The maximum Gasteiger partial charge on any atom is 0.123 e. The van der Waals surface area contributed by atoms with Crippen LogP contribution in [-0.2, 0) is 4.74 Å². The SMILES string of the molecule is CC(Oc1ccc2[nH]nc(-c3cnn(C4COC4)c3)c2c1)c1cc(Cl)cc2nccnc12. The van der Waals surface area contributed by atoms with Crippen LogP contribution in [0.4, 0.5) is 0 Å². The number of aromatic nitrogens is 6. The van der Waals surface area contributed by atoms with Crippen LogP contribution in [-0.4, -0.2) is 43.2 Å². The molecule has 1 aliphatic heterocycles. The number of ether oxygens (including phenoxy) is 2. The van der Waals surface area contributed by atoms with E-state index in [2.05, 4.69) is 25.3 Å². The topological polar surface area (TPSA) is 90.7 Å². The lowest BCUT2D eigenvalue weighted by atomic mass is 10.1. The monoisotopic (exact) mass is 446 g/mol. The summed E-state index contributed by atoms with van der Waals surface area (Å²) in [6.45, 7) is 3.37. The molecule has 6 rings (SSSR count). The van der Waals surface area contributed by atoms with Crippen molar-refractivity contribution in [1.29, 1.82) is 0 Å². The summed E-state index contributed by atoms with van der Waals surface area (Å²) in [7, 11) is 0. The van der Waals surface area contributed by atoms with Gasteiger partial charge < -0.3 is 9.47 Å². The molecule has 160 valence electrons. The highest BCUT2D eigenvalue weighted by atomic mass is 35.5. The second-order valence-corrected chi connectivity index (χ2v) is 8.30. The molecular formula is C23H19ClN6O2. The molecule has 8 nitrogen and oxygen atoms in total. The van der Waals surface area contributed by atoms with Crippen LogP contribution in [0.1, 0.15) is 24.6 Å². The van der Waals surface area contributed by atoms with Crippen molar-refractivity contribution in [2.45, 2.75) is 19.1 Å². The third kappa shape index (κ3) is 3.28. The first-order valence-electron chi connectivity index (χ1n) is 10.3. The molecule has 0 aliphatic carbocycles. The molecule has 0 radical (unpaired) electrons. The molecule has 4 heterocycles. The van der Waals surface area contributed by atoms with Crippen LogP contribution >= 0.6 is 11.6 Å². The minimum atomic E-state index is -0.276. The molecule has 1 aliphatic rings. The summed E-state index contributed by atoms with van der Waals surface area (Å²) in [5.74, 6) is 0.726. The molecule has 3 aromatic heterocycles. The normalized spacial score (nSPS) is 15.2. The number of fused-ring (bicyclic) bond motifs is 2. The zero-order valence-corrected chi connectivity index (χ0v) is 18.0. The van der Waals surface area contributed by atoms with E-state index in [0.717, 1.165) is 44.5 Å². The Hall–Kier alpha value is -3.49. The van der Waals surface area contributed by atoms with Gasteiger partial charge in [-0.2, -0.15) is 10.2 Å². The molecule has 0 spiro atoms. The van der Waals surface area contributed by atoms with Crippen molar-refractivity contribution in [2.75, 3.05) is 13.2 Å². The lowest BCUT2D eigenvalue weighted by Gasteiger charge is -2.25. The number of nitrogens with zero attached hydrogens (tertiary/aromatic N) is 5. The molecule has 0 amide bonds. The van der Waals surface area contributed by atoms with E-state index in [1.165, 1.54) is 0 Å². The quantitative estimate of drug-likeness (QED) is 0.419. The number of aromatic amines is 1. The van der Waals surface area contributed by atoms with Crippen molar-refractivity contribution in [3.63, 3.8) is 0 Å². The van der Waals surface area contributed by atoms with Gasteiger partial charge in [-0.25, -0.2) is 0 Å². The Morgan fingerprint density at radius 2 is 2.06 bits per heavy atom. The molecule has 9 heteroatoms. The van der Waals surface area contributed by atoms with E-state index in [-0.39, 0.29) is 6.10 Å². The maximum absolute atomic E-state index is 6.31. The van der Waals surface area contributed by atoms with E-state index < -0.39 is 0 Å². The summed E-state index contributed by atoms with van der Waals surface area (Å²) in [5.41, 5.74) is 5.12. The molecule has 2 aromatic carbocycles. The van der Waals surface area contributed by atoms with Gasteiger partial charge >= 0.3 is 0 Å². The van der Waals surface area contributed by atoms with E-state index in [1.807, 2.05) is 48.3 Å². The molecule has 32 heavy (non-hydrogen) atoms. The summed E-state index contributed by atoms with van der Waals surface area (Å²) >= 11 is 6.31. The van der Waals surface area contributed by atoms with E-state index >= 15 is 0 Å². The second-order valence-electron chi connectivity index (χ2n) is 7.86. The highest BCUT2D eigenvalue weighted by Gasteiger charge is 2.22. The van der Waals surface area contributed by atoms with Gasteiger partial charge in [0.1, 0.15) is 17.5 Å². The standard InChI is InChI=1S/C23H19ClN6O2/c1-13(18-6-15(24)7-21-23(18)26-5-4-25-21)32-17-2-3-20-19(8-17)22(29-28-20)14-9-27-30(10-14)16-11-31-12-16/h2-10,13,16H,11-12H2,1H3,(H,28,29). The molecule has 1 unspecified atom stereocenters. The van der Waals surface area contributed by atoms with Crippen LogP contribution in [0.5, 0.6) is 5.75 Å².